The molecule has 0 fully saturated rings. The molecule has 1 rings (SSSR count). The van der Waals surface area contributed by atoms with Gasteiger partial charge in [-0.15, -0.1) is 0 Å². The van der Waals surface area contributed by atoms with Crippen molar-refractivity contribution >= 4 is 0 Å². The van der Waals surface area contributed by atoms with E-state index in [0.717, 1.165) is 12.1 Å². The molecule has 1 nitrogen and oxygen atoms in total. The van der Waals surface area contributed by atoms with Gasteiger partial charge in [-0.3, -0.25) is 0 Å². The summed E-state index contributed by atoms with van der Waals surface area (Å²) in [6.07, 6.45) is 7.70. The summed E-state index contributed by atoms with van der Waals surface area (Å²) in [7, 11) is 0. The Morgan fingerprint density at radius 3 is 2.73 bits per heavy atom. The quantitative estimate of drug-likeness (QED) is 0.546. The number of hydrogen-bond acceptors (Lipinski definition) is 1. The summed E-state index contributed by atoms with van der Waals surface area (Å²) in [5, 5.41) is 3.42. The maximum atomic E-state index is 3.91. The highest BCUT2D eigenvalue weighted by Crippen LogP contribution is 2.33. The molecule has 1 aliphatic carbocycles. The molecule has 0 saturated heterocycles. The third-order valence-electron chi connectivity index (χ3n) is 2.97. The van der Waals surface area contributed by atoms with E-state index in [1.165, 1.54) is 12.8 Å². The molecule has 0 amide bonds. The molecule has 0 heterocycles. The maximum Gasteiger partial charge on any atom is 0.0301 e. The minimum Gasteiger partial charge on any atom is -0.382 e. The molecule has 0 saturated carbocycles. The minimum absolute atomic E-state index is 0.301. The Balaban J connectivity index is 2.58. The predicted octanol–water partition coefficient (Wildman–Crippen LogP) is 3.80. The van der Waals surface area contributed by atoms with Gasteiger partial charge >= 0.3 is 0 Å². The highest BCUT2D eigenvalue weighted by molar-refractivity contribution is 5.18. The van der Waals surface area contributed by atoms with Crippen LogP contribution in [0, 0.1) is 5.41 Å². The first-order valence-corrected chi connectivity index (χ1v) is 5.71. The first-order valence-electron chi connectivity index (χ1n) is 5.71. The van der Waals surface area contributed by atoms with Crippen molar-refractivity contribution in [2.75, 3.05) is 0 Å². The van der Waals surface area contributed by atoms with E-state index in [9.17, 15) is 0 Å². The van der Waals surface area contributed by atoms with Gasteiger partial charge in [-0.2, -0.15) is 0 Å². The summed E-state index contributed by atoms with van der Waals surface area (Å²) < 4.78 is 0. The van der Waals surface area contributed by atoms with Crippen LogP contribution in [0.15, 0.2) is 36.6 Å². The summed E-state index contributed by atoms with van der Waals surface area (Å²) in [4.78, 5) is 0. The fraction of sp³-hybridized carbons (Fsp3) is 0.571. The topological polar surface area (TPSA) is 12.0 Å². The van der Waals surface area contributed by atoms with Crippen LogP contribution in [0.5, 0.6) is 0 Å². The monoisotopic (exact) mass is 205 g/mol. The van der Waals surface area contributed by atoms with Crippen molar-refractivity contribution in [1.82, 2.24) is 5.32 Å². The number of hydrogen-bond donors (Lipinski definition) is 1. The summed E-state index contributed by atoms with van der Waals surface area (Å²) in [6, 6.07) is 0.537. The minimum atomic E-state index is 0.301. The Hall–Kier alpha value is -0.980. The lowest BCUT2D eigenvalue weighted by molar-refractivity contribution is 0.416. The molecule has 0 aromatic heterocycles. The zero-order valence-corrected chi connectivity index (χ0v) is 10.3. The van der Waals surface area contributed by atoms with Crippen molar-refractivity contribution in [2.24, 2.45) is 5.41 Å². The van der Waals surface area contributed by atoms with Crippen molar-refractivity contribution in [2.45, 2.75) is 46.1 Å². The maximum absolute atomic E-state index is 3.91. The summed E-state index contributed by atoms with van der Waals surface area (Å²) in [6.45, 7) is 14.5. The Morgan fingerprint density at radius 2 is 2.20 bits per heavy atom. The van der Waals surface area contributed by atoms with Crippen LogP contribution in [0.3, 0.4) is 0 Å². The van der Waals surface area contributed by atoms with E-state index in [0.29, 0.717) is 11.5 Å². The van der Waals surface area contributed by atoms with Crippen LogP contribution in [0.25, 0.3) is 0 Å². The second-order valence-corrected chi connectivity index (χ2v) is 5.33. The smallest absolute Gasteiger partial charge is 0.0301 e. The normalized spacial score (nSPS) is 21.8. The van der Waals surface area contributed by atoms with Crippen molar-refractivity contribution in [3.63, 3.8) is 0 Å². The Bertz CT molecular complexity index is 278. The molecule has 1 unspecified atom stereocenters. The fourth-order valence-electron chi connectivity index (χ4n) is 1.97. The Kier molecular flexibility index (Phi) is 3.78. The predicted molar refractivity (Wildman–Crippen MR) is 67.6 cm³/mol. The highest BCUT2D eigenvalue weighted by Gasteiger charge is 2.23. The Labute approximate surface area is 94.0 Å². The lowest BCUT2D eigenvalue weighted by Gasteiger charge is -2.31. The van der Waals surface area contributed by atoms with Gasteiger partial charge < -0.3 is 5.32 Å². The first-order chi connectivity index (χ1) is 6.93. The van der Waals surface area contributed by atoms with Crippen molar-refractivity contribution in [1.29, 1.82) is 0 Å². The molecule has 0 aromatic rings. The third kappa shape index (κ3) is 3.58. The van der Waals surface area contributed by atoms with Gasteiger partial charge in [0.25, 0.3) is 0 Å². The molecule has 1 aliphatic rings. The molecular weight excluding hydrogens is 182 g/mol. The van der Waals surface area contributed by atoms with Gasteiger partial charge in [-0.25, -0.2) is 0 Å². The third-order valence-corrected chi connectivity index (χ3v) is 2.97. The standard InChI is InChI=1S/C14H23N/c1-6-11(2)15-13-9-7-8-12(10-13)14(3,4)5/h6,8,13,15H,1-2,7,9-10H2,3-5H3. The van der Waals surface area contributed by atoms with Crippen LogP contribution in [0.1, 0.15) is 40.0 Å². The molecule has 0 bridgehead atoms. The molecule has 0 aromatic carbocycles. The molecule has 15 heavy (non-hydrogen) atoms. The second kappa shape index (κ2) is 4.69. The van der Waals surface area contributed by atoms with Crippen molar-refractivity contribution in [3.05, 3.63) is 36.6 Å². The van der Waals surface area contributed by atoms with Gasteiger partial charge in [-0.1, -0.05) is 45.6 Å². The number of rotatable bonds is 3. The molecule has 1 heteroatoms. The van der Waals surface area contributed by atoms with Gasteiger partial charge in [0.15, 0.2) is 0 Å². The molecule has 0 radical (unpaired) electrons. The van der Waals surface area contributed by atoms with Gasteiger partial charge in [0.1, 0.15) is 0 Å². The zero-order chi connectivity index (χ0) is 11.5. The second-order valence-electron chi connectivity index (χ2n) is 5.33. The largest absolute Gasteiger partial charge is 0.382 e. The SMILES string of the molecule is C=CC(=C)NC1CCC=C(C(C)(C)C)C1. The van der Waals surface area contributed by atoms with E-state index in [4.69, 9.17) is 0 Å². The fourth-order valence-corrected chi connectivity index (χ4v) is 1.97. The van der Waals surface area contributed by atoms with Crippen LogP contribution >= 0.6 is 0 Å². The highest BCUT2D eigenvalue weighted by atomic mass is 14.9. The van der Waals surface area contributed by atoms with Gasteiger partial charge in [-0.05, 0) is 30.8 Å². The molecule has 0 aliphatic heterocycles. The zero-order valence-electron chi connectivity index (χ0n) is 10.3. The summed E-state index contributed by atoms with van der Waals surface area (Å²) >= 11 is 0. The number of allylic oxidation sites excluding steroid dienone is 2. The van der Waals surface area contributed by atoms with E-state index in [-0.39, 0.29) is 0 Å². The first kappa shape index (κ1) is 12.1. The van der Waals surface area contributed by atoms with Crippen LogP contribution in [-0.4, -0.2) is 6.04 Å². The van der Waals surface area contributed by atoms with E-state index < -0.39 is 0 Å². The molecule has 84 valence electrons. The number of nitrogens with one attached hydrogen (secondary N) is 1. The van der Waals surface area contributed by atoms with E-state index >= 15 is 0 Å². The molecular formula is C14H23N. The average Bonchev–Trinajstić information content (AvgIpc) is 2.17. The van der Waals surface area contributed by atoms with E-state index in [1.54, 1.807) is 11.6 Å². The lowest BCUT2D eigenvalue weighted by atomic mass is 9.78. The van der Waals surface area contributed by atoms with Crippen LogP contribution in [0.4, 0.5) is 0 Å². The van der Waals surface area contributed by atoms with E-state index in [1.807, 2.05) is 0 Å². The van der Waals surface area contributed by atoms with Gasteiger partial charge in [0, 0.05) is 11.7 Å². The van der Waals surface area contributed by atoms with Crippen LogP contribution < -0.4 is 5.32 Å². The summed E-state index contributed by atoms with van der Waals surface area (Å²) in [5.74, 6) is 0. The van der Waals surface area contributed by atoms with E-state index in [2.05, 4.69) is 45.3 Å². The molecule has 0 spiro atoms. The van der Waals surface area contributed by atoms with Crippen molar-refractivity contribution in [3.8, 4) is 0 Å². The Morgan fingerprint density at radius 1 is 1.53 bits per heavy atom. The van der Waals surface area contributed by atoms with Gasteiger partial charge in [0.05, 0.1) is 0 Å². The average molecular weight is 205 g/mol. The van der Waals surface area contributed by atoms with Crippen molar-refractivity contribution < 1.29 is 0 Å². The lowest BCUT2D eigenvalue weighted by Crippen LogP contribution is -2.31. The van der Waals surface area contributed by atoms with Crippen LogP contribution in [-0.2, 0) is 0 Å². The molecule has 1 N–H and O–H groups in total. The summed E-state index contributed by atoms with van der Waals surface area (Å²) in [5.41, 5.74) is 2.80. The van der Waals surface area contributed by atoms with Gasteiger partial charge in [0.2, 0.25) is 0 Å². The molecule has 1 atom stereocenters. The van der Waals surface area contributed by atoms with Crippen LogP contribution in [0.2, 0.25) is 0 Å².